The molecule has 0 aliphatic heterocycles. The molecule has 0 atom stereocenters. The monoisotopic (exact) mass is 276 g/mol. The fourth-order valence-electron chi connectivity index (χ4n) is 1.69. The van der Waals surface area contributed by atoms with Crippen molar-refractivity contribution in [3.63, 3.8) is 0 Å². The number of nitrogens with zero attached hydrogens (tertiary/aromatic N) is 1. The van der Waals surface area contributed by atoms with E-state index in [1.807, 2.05) is 32.2 Å². The highest BCUT2D eigenvalue weighted by molar-refractivity contribution is 7.11. The van der Waals surface area contributed by atoms with Crippen LogP contribution in [0.5, 0.6) is 5.75 Å². The Morgan fingerprint density at radius 2 is 2.05 bits per heavy atom. The molecule has 0 spiro atoms. The zero-order chi connectivity index (χ0) is 14.0. The zero-order valence-electron chi connectivity index (χ0n) is 11.9. The molecule has 0 amide bonds. The molecule has 0 saturated heterocycles. The normalized spacial score (nSPS) is 11.6. The van der Waals surface area contributed by atoms with E-state index in [0.717, 1.165) is 15.6 Å². The van der Waals surface area contributed by atoms with Crippen LogP contribution in [0.1, 0.15) is 34.9 Å². The van der Waals surface area contributed by atoms with Crippen LogP contribution >= 0.6 is 11.3 Å². The maximum absolute atomic E-state index is 6.05. The summed E-state index contributed by atoms with van der Waals surface area (Å²) in [6.45, 7) is 8.61. The molecule has 0 saturated carbocycles. The van der Waals surface area contributed by atoms with E-state index in [9.17, 15) is 0 Å². The fourth-order valence-corrected chi connectivity index (χ4v) is 2.54. The van der Waals surface area contributed by atoms with Crippen molar-refractivity contribution in [2.45, 2.75) is 39.8 Å². The minimum atomic E-state index is -0.338. The van der Waals surface area contributed by atoms with Crippen molar-refractivity contribution in [1.29, 1.82) is 0 Å². The minimum absolute atomic E-state index is 0.338. The lowest BCUT2D eigenvalue weighted by atomic mass is 10.1. The van der Waals surface area contributed by atoms with Crippen molar-refractivity contribution in [3.8, 4) is 5.75 Å². The molecule has 0 unspecified atom stereocenters. The van der Waals surface area contributed by atoms with Crippen LogP contribution in [0.15, 0.2) is 24.4 Å². The minimum Gasteiger partial charge on any atom is -0.486 e. The van der Waals surface area contributed by atoms with Gasteiger partial charge in [0.25, 0.3) is 0 Å². The Balaban J connectivity index is 2.07. The summed E-state index contributed by atoms with van der Waals surface area (Å²) in [5.74, 6) is 0.920. The van der Waals surface area contributed by atoms with E-state index in [4.69, 9.17) is 10.5 Å². The third-order valence-electron chi connectivity index (χ3n) is 3.09. The maximum Gasteiger partial charge on any atom is 0.140 e. The summed E-state index contributed by atoms with van der Waals surface area (Å²) in [5, 5.41) is 0.953. The number of ether oxygens (including phenoxy) is 1. The van der Waals surface area contributed by atoms with Gasteiger partial charge >= 0.3 is 0 Å². The first-order chi connectivity index (χ1) is 8.88. The van der Waals surface area contributed by atoms with Crippen molar-refractivity contribution in [2.24, 2.45) is 5.73 Å². The van der Waals surface area contributed by atoms with E-state index >= 15 is 0 Å². The summed E-state index contributed by atoms with van der Waals surface area (Å²) >= 11 is 1.61. The molecular formula is C15H20N2OS. The summed E-state index contributed by atoms with van der Waals surface area (Å²) in [6, 6.07) is 6.08. The van der Waals surface area contributed by atoms with Gasteiger partial charge in [0.1, 0.15) is 17.4 Å². The molecule has 0 radical (unpaired) electrons. The molecular weight excluding hydrogens is 256 g/mol. The third-order valence-corrected chi connectivity index (χ3v) is 4.41. The fraction of sp³-hybridized carbons (Fsp3) is 0.400. The number of rotatable bonds is 4. The number of aryl methyl sites for hydroxylation is 1. The van der Waals surface area contributed by atoms with Gasteiger partial charge in [-0.15, -0.1) is 11.3 Å². The molecule has 2 N–H and O–H groups in total. The zero-order valence-corrected chi connectivity index (χ0v) is 12.7. The van der Waals surface area contributed by atoms with Crippen LogP contribution in [0, 0.1) is 13.8 Å². The van der Waals surface area contributed by atoms with Gasteiger partial charge in [0, 0.05) is 16.6 Å². The van der Waals surface area contributed by atoms with E-state index in [-0.39, 0.29) is 5.54 Å². The van der Waals surface area contributed by atoms with Gasteiger partial charge < -0.3 is 10.5 Å². The molecule has 19 heavy (non-hydrogen) atoms. The quantitative estimate of drug-likeness (QED) is 0.929. The molecule has 0 aliphatic rings. The standard InChI is InChI=1S/C15H20N2OS/c1-10-6-5-7-12(11(10)2)18-9-14-17-8-13(19-14)15(3,4)16/h5-8H,9,16H2,1-4H3. The van der Waals surface area contributed by atoms with Crippen LogP contribution in [0.3, 0.4) is 0 Å². The summed E-state index contributed by atoms with van der Waals surface area (Å²) in [5.41, 5.74) is 8.13. The number of hydrogen-bond acceptors (Lipinski definition) is 4. The molecule has 102 valence electrons. The van der Waals surface area contributed by atoms with Gasteiger partial charge in [-0.2, -0.15) is 0 Å². The molecule has 2 rings (SSSR count). The number of benzene rings is 1. The Morgan fingerprint density at radius 3 is 2.68 bits per heavy atom. The van der Waals surface area contributed by atoms with E-state index < -0.39 is 0 Å². The first-order valence-electron chi connectivity index (χ1n) is 6.31. The van der Waals surface area contributed by atoms with Gasteiger partial charge in [-0.3, -0.25) is 0 Å². The van der Waals surface area contributed by atoms with Gasteiger partial charge in [0.15, 0.2) is 0 Å². The highest BCUT2D eigenvalue weighted by Crippen LogP contribution is 2.26. The molecule has 0 fully saturated rings. The first-order valence-corrected chi connectivity index (χ1v) is 7.12. The molecule has 1 aromatic heterocycles. The van der Waals surface area contributed by atoms with Gasteiger partial charge in [-0.1, -0.05) is 12.1 Å². The van der Waals surface area contributed by atoms with Crippen LogP contribution in [-0.2, 0) is 12.1 Å². The Hall–Kier alpha value is -1.39. The number of thiazole rings is 1. The van der Waals surface area contributed by atoms with Crippen LogP contribution in [0.2, 0.25) is 0 Å². The van der Waals surface area contributed by atoms with Crippen molar-refractivity contribution in [3.05, 3.63) is 45.4 Å². The SMILES string of the molecule is Cc1cccc(OCc2ncc(C(C)(C)N)s2)c1C. The van der Waals surface area contributed by atoms with Crippen molar-refractivity contribution >= 4 is 11.3 Å². The van der Waals surface area contributed by atoms with E-state index in [0.29, 0.717) is 6.61 Å². The number of nitrogens with two attached hydrogens (primary N) is 1. The summed E-state index contributed by atoms with van der Waals surface area (Å²) in [7, 11) is 0. The van der Waals surface area contributed by atoms with Crippen LogP contribution in [-0.4, -0.2) is 4.98 Å². The van der Waals surface area contributed by atoms with E-state index in [1.54, 1.807) is 11.3 Å². The topological polar surface area (TPSA) is 48.1 Å². The molecule has 2 aromatic rings. The summed E-state index contributed by atoms with van der Waals surface area (Å²) < 4.78 is 5.84. The predicted molar refractivity (Wildman–Crippen MR) is 79.6 cm³/mol. The Bertz CT molecular complexity index is 570. The molecule has 3 nitrogen and oxygen atoms in total. The van der Waals surface area contributed by atoms with Crippen molar-refractivity contribution in [2.75, 3.05) is 0 Å². The largest absolute Gasteiger partial charge is 0.486 e. The summed E-state index contributed by atoms with van der Waals surface area (Å²) in [6.07, 6.45) is 1.84. The Labute approximate surface area is 118 Å². The lowest BCUT2D eigenvalue weighted by Gasteiger charge is -2.14. The van der Waals surface area contributed by atoms with Gasteiger partial charge in [-0.25, -0.2) is 4.98 Å². The summed E-state index contributed by atoms with van der Waals surface area (Å²) in [4.78, 5) is 5.44. The highest BCUT2D eigenvalue weighted by atomic mass is 32.1. The second-order valence-electron chi connectivity index (χ2n) is 5.33. The van der Waals surface area contributed by atoms with E-state index in [2.05, 4.69) is 24.9 Å². The average Bonchev–Trinajstić information content (AvgIpc) is 2.79. The molecule has 0 aliphatic carbocycles. The maximum atomic E-state index is 6.05. The van der Waals surface area contributed by atoms with Crippen molar-refractivity contribution in [1.82, 2.24) is 4.98 Å². The molecule has 1 aromatic carbocycles. The predicted octanol–water partition coefficient (Wildman–Crippen LogP) is 3.53. The smallest absolute Gasteiger partial charge is 0.140 e. The number of aromatic nitrogens is 1. The molecule has 1 heterocycles. The second-order valence-corrected chi connectivity index (χ2v) is 6.44. The third kappa shape index (κ3) is 3.33. The Morgan fingerprint density at radius 1 is 1.32 bits per heavy atom. The number of hydrogen-bond donors (Lipinski definition) is 1. The highest BCUT2D eigenvalue weighted by Gasteiger charge is 2.17. The Kier molecular flexibility index (Phi) is 3.92. The van der Waals surface area contributed by atoms with Gasteiger partial charge in [-0.05, 0) is 44.9 Å². The average molecular weight is 276 g/mol. The van der Waals surface area contributed by atoms with E-state index in [1.165, 1.54) is 11.1 Å². The lowest BCUT2D eigenvalue weighted by molar-refractivity contribution is 0.303. The van der Waals surface area contributed by atoms with Crippen LogP contribution in [0.25, 0.3) is 0 Å². The van der Waals surface area contributed by atoms with Gasteiger partial charge in [0.05, 0.1) is 0 Å². The first kappa shape index (κ1) is 14.0. The van der Waals surface area contributed by atoms with Gasteiger partial charge in [0.2, 0.25) is 0 Å². The van der Waals surface area contributed by atoms with Crippen LogP contribution < -0.4 is 10.5 Å². The molecule has 0 bridgehead atoms. The molecule has 4 heteroatoms. The second kappa shape index (κ2) is 5.31. The van der Waals surface area contributed by atoms with Crippen LogP contribution in [0.4, 0.5) is 0 Å². The lowest BCUT2D eigenvalue weighted by Crippen LogP contribution is -2.27. The van der Waals surface area contributed by atoms with Crippen molar-refractivity contribution < 1.29 is 4.74 Å².